The highest BCUT2D eigenvalue weighted by atomic mass is 32.1. The number of ether oxygens (including phenoxy) is 1. The van der Waals surface area contributed by atoms with Crippen molar-refractivity contribution in [1.29, 1.82) is 0 Å². The summed E-state index contributed by atoms with van der Waals surface area (Å²) in [5.41, 5.74) is 4.35. The topological polar surface area (TPSA) is 178 Å². The van der Waals surface area contributed by atoms with Crippen molar-refractivity contribution in [2.45, 2.75) is 12.5 Å². The average molecular weight is 648 g/mol. The molecule has 2 N–H and O–H groups in total. The van der Waals surface area contributed by atoms with Crippen LogP contribution in [0, 0.1) is 10.1 Å². The maximum absolute atomic E-state index is 12.1. The van der Waals surface area contributed by atoms with E-state index in [0.717, 1.165) is 27.3 Å². The number of azo groups is 1. The number of hydrogen-bond donors (Lipinski definition) is 2. The van der Waals surface area contributed by atoms with Crippen LogP contribution in [0.1, 0.15) is 5.56 Å². The molecule has 0 bridgehead atoms. The highest BCUT2D eigenvalue weighted by molar-refractivity contribution is 7.19. The molecule has 14 heteroatoms. The molecule has 0 fully saturated rings. The number of methoxy groups -OCH3 is 1. The first kappa shape index (κ1) is 30.7. The monoisotopic (exact) mass is 647 g/mol. The lowest BCUT2D eigenvalue weighted by atomic mass is 10.0. The second-order valence-corrected chi connectivity index (χ2v) is 11.2. The van der Waals surface area contributed by atoms with Crippen LogP contribution in [0.25, 0.3) is 38.6 Å². The Hall–Kier alpha value is -6.28. The fraction of sp³-hybridized carbons (Fsp3) is 0.0909. The first-order valence-corrected chi connectivity index (χ1v) is 14.9. The number of benzene rings is 4. The summed E-state index contributed by atoms with van der Waals surface area (Å²) >= 11 is 1.23. The van der Waals surface area contributed by atoms with Crippen LogP contribution in [-0.2, 0) is 11.2 Å². The lowest BCUT2D eigenvalue weighted by Crippen LogP contribution is -2.20. The summed E-state index contributed by atoms with van der Waals surface area (Å²) in [4.78, 5) is 28.4. The zero-order valence-electron chi connectivity index (χ0n) is 24.7. The van der Waals surface area contributed by atoms with Gasteiger partial charge in [-0.1, -0.05) is 59.0 Å². The number of thiazole rings is 1. The van der Waals surface area contributed by atoms with E-state index >= 15 is 0 Å². The molecule has 1 atom stereocenters. The Labute approximate surface area is 271 Å². The molecule has 234 valence electrons. The van der Waals surface area contributed by atoms with Gasteiger partial charge >= 0.3 is 5.97 Å². The Morgan fingerprint density at radius 1 is 1.00 bits per heavy atom. The van der Waals surface area contributed by atoms with Gasteiger partial charge in [-0.15, -0.1) is 10.2 Å². The smallest absolute Gasteiger partial charge is 0.330 e. The van der Waals surface area contributed by atoms with Gasteiger partial charge in [0.2, 0.25) is 5.13 Å². The number of para-hydroxylation sites is 1. The molecule has 6 rings (SSSR count). The largest absolute Gasteiger partial charge is 0.508 e. The maximum atomic E-state index is 12.1. The number of phenols is 1. The van der Waals surface area contributed by atoms with Crippen molar-refractivity contribution in [2.24, 2.45) is 10.2 Å². The summed E-state index contributed by atoms with van der Waals surface area (Å²) < 4.78 is 6.93. The second kappa shape index (κ2) is 13.4. The van der Waals surface area contributed by atoms with Gasteiger partial charge in [0.05, 0.1) is 34.5 Å². The van der Waals surface area contributed by atoms with Crippen molar-refractivity contribution in [1.82, 2.24) is 20.0 Å². The number of phenolic OH excluding ortho intramolecular Hbond substituents is 1. The molecule has 0 aliphatic heterocycles. The molecule has 2 aromatic heterocycles. The third-order valence-corrected chi connectivity index (χ3v) is 8.17. The van der Waals surface area contributed by atoms with E-state index in [-0.39, 0.29) is 28.6 Å². The Morgan fingerprint density at radius 2 is 1.74 bits per heavy atom. The van der Waals surface area contributed by atoms with Gasteiger partial charge in [-0.3, -0.25) is 10.1 Å². The summed E-state index contributed by atoms with van der Waals surface area (Å²) in [6.45, 7) is 0. The molecule has 0 amide bonds. The minimum atomic E-state index is -1.36. The molecule has 13 nitrogen and oxygen atoms in total. The molecule has 0 saturated heterocycles. The first-order valence-electron chi connectivity index (χ1n) is 14.1. The highest BCUT2D eigenvalue weighted by Crippen LogP contribution is 2.41. The lowest BCUT2D eigenvalue weighted by Gasteiger charge is -2.06. The fourth-order valence-electron chi connectivity index (χ4n) is 4.81. The summed E-state index contributed by atoms with van der Waals surface area (Å²) in [6, 6.07) is 26.3. The van der Waals surface area contributed by atoms with E-state index in [0.29, 0.717) is 17.1 Å². The number of carboxylic acid groups (broad SMARTS) is 1. The predicted molar refractivity (Wildman–Crippen MR) is 174 cm³/mol. The fourth-order valence-corrected chi connectivity index (χ4v) is 5.73. The standard InChI is InChI=1S/C33H25N7O6S/c1-46-26-15-11-20(12-16-26)30-31(21-9-13-24(14-10-21)39-19-28(36-38-39)22-6-4-7-25(41)17-22)47-33(34-30)37-35-27(32(42)43)18-23-5-2-3-8-29(23)40(44)45/h2-17,19,27,41H,18H2,1H3,(H,42,43). The normalized spacial score (nSPS) is 11.9. The van der Waals surface area contributed by atoms with Crippen molar-refractivity contribution in [2.75, 3.05) is 7.11 Å². The number of carbonyl (C=O) groups is 1. The van der Waals surface area contributed by atoms with Gasteiger partial charge in [-0.25, -0.2) is 14.5 Å². The van der Waals surface area contributed by atoms with Crippen LogP contribution in [-0.4, -0.2) is 54.2 Å². The van der Waals surface area contributed by atoms with Crippen LogP contribution in [0.15, 0.2) is 113 Å². The van der Waals surface area contributed by atoms with Crippen LogP contribution < -0.4 is 4.74 Å². The predicted octanol–water partition coefficient (Wildman–Crippen LogP) is 7.13. The summed E-state index contributed by atoms with van der Waals surface area (Å²) in [7, 11) is 1.58. The van der Waals surface area contributed by atoms with E-state index in [1.54, 1.807) is 42.3 Å². The molecule has 0 aliphatic carbocycles. The summed E-state index contributed by atoms with van der Waals surface area (Å²) in [5.74, 6) is -0.460. The molecule has 47 heavy (non-hydrogen) atoms. The maximum Gasteiger partial charge on any atom is 0.330 e. The number of nitro groups is 1. The highest BCUT2D eigenvalue weighted by Gasteiger charge is 2.23. The minimum absolute atomic E-state index is 0.135. The third kappa shape index (κ3) is 6.87. The van der Waals surface area contributed by atoms with Crippen molar-refractivity contribution < 1.29 is 24.7 Å². The van der Waals surface area contributed by atoms with Gasteiger partial charge in [0.25, 0.3) is 5.69 Å². The molecule has 0 spiro atoms. The second-order valence-electron chi connectivity index (χ2n) is 10.2. The van der Waals surface area contributed by atoms with E-state index in [4.69, 9.17) is 4.74 Å². The van der Waals surface area contributed by atoms with Gasteiger partial charge in [-0.2, -0.15) is 5.11 Å². The molecule has 4 aromatic carbocycles. The average Bonchev–Trinajstić information content (AvgIpc) is 3.75. The van der Waals surface area contributed by atoms with E-state index in [1.807, 2.05) is 54.6 Å². The Balaban J connectivity index is 1.31. The van der Waals surface area contributed by atoms with Gasteiger partial charge < -0.3 is 14.9 Å². The molecule has 1 unspecified atom stereocenters. The molecule has 0 radical (unpaired) electrons. The first-order chi connectivity index (χ1) is 22.8. The number of aromatic hydroxyl groups is 1. The zero-order chi connectivity index (χ0) is 32.9. The van der Waals surface area contributed by atoms with Gasteiger partial charge in [0, 0.05) is 29.2 Å². The summed E-state index contributed by atoms with van der Waals surface area (Å²) in [5, 5.41) is 48.0. The SMILES string of the molecule is COc1ccc(-c2nc(N=NC(Cc3ccccc3[N+](=O)[O-])C(=O)O)sc2-c2ccc(-n3cc(-c4cccc(O)c4)nn3)cc2)cc1. The molecule has 2 heterocycles. The number of nitrogens with zero attached hydrogens (tertiary/aromatic N) is 7. The van der Waals surface area contributed by atoms with Crippen LogP contribution in [0.2, 0.25) is 0 Å². The quantitative estimate of drug-likeness (QED) is 0.0841. The van der Waals surface area contributed by atoms with E-state index < -0.39 is 16.9 Å². The van der Waals surface area contributed by atoms with Crippen LogP contribution in [0.3, 0.4) is 0 Å². The Morgan fingerprint density at radius 3 is 2.45 bits per heavy atom. The van der Waals surface area contributed by atoms with Gasteiger partial charge in [0.1, 0.15) is 17.2 Å². The van der Waals surface area contributed by atoms with E-state index in [2.05, 4.69) is 25.5 Å². The van der Waals surface area contributed by atoms with E-state index in [9.17, 15) is 25.1 Å². The molecule has 6 aromatic rings. The number of carboxylic acids is 1. The number of aliphatic carboxylic acids is 1. The lowest BCUT2D eigenvalue weighted by molar-refractivity contribution is -0.385. The third-order valence-electron chi connectivity index (χ3n) is 7.18. The molecular weight excluding hydrogens is 622 g/mol. The zero-order valence-corrected chi connectivity index (χ0v) is 25.5. The summed E-state index contributed by atoms with van der Waals surface area (Å²) in [6.07, 6.45) is 1.55. The number of rotatable bonds is 11. The Kier molecular flexibility index (Phi) is 8.75. The van der Waals surface area contributed by atoms with Crippen molar-refractivity contribution in [3.63, 3.8) is 0 Å². The molecule has 0 saturated carbocycles. The van der Waals surface area contributed by atoms with Crippen LogP contribution in [0.4, 0.5) is 10.8 Å². The van der Waals surface area contributed by atoms with Crippen molar-refractivity contribution in [3.05, 3.63) is 119 Å². The van der Waals surface area contributed by atoms with Gasteiger partial charge in [-0.05, 0) is 54.1 Å². The minimum Gasteiger partial charge on any atom is -0.508 e. The number of hydrogen-bond acceptors (Lipinski definition) is 11. The molecular formula is C33H25N7O6S. The van der Waals surface area contributed by atoms with E-state index in [1.165, 1.54) is 29.5 Å². The molecule has 0 aliphatic rings. The van der Waals surface area contributed by atoms with Gasteiger partial charge in [0.15, 0.2) is 6.04 Å². The van der Waals surface area contributed by atoms with Crippen LogP contribution in [0.5, 0.6) is 11.5 Å². The van der Waals surface area contributed by atoms with Crippen molar-refractivity contribution >= 4 is 28.1 Å². The van der Waals surface area contributed by atoms with Crippen molar-refractivity contribution in [3.8, 4) is 50.1 Å². The number of nitro benzene ring substituents is 1. The number of aromatic nitrogens is 4. The Bertz CT molecular complexity index is 2090. The van der Waals surface area contributed by atoms with Crippen LogP contribution >= 0.6 is 11.3 Å².